The van der Waals surface area contributed by atoms with E-state index in [0.29, 0.717) is 19.6 Å². The summed E-state index contributed by atoms with van der Waals surface area (Å²) in [4.78, 5) is 21.6. The Morgan fingerprint density at radius 2 is 2.05 bits per heavy atom. The Bertz CT molecular complexity index is 1120. The number of amides is 1. The van der Waals surface area contributed by atoms with Gasteiger partial charge in [-0.1, -0.05) is 42.5 Å². The smallest absolute Gasteiger partial charge is 0.243 e. The number of aryl methyl sites for hydroxylation is 1. The molecule has 0 spiro atoms. The van der Waals surface area contributed by atoms with Crippen LogP contribution in [0.2, 0.25) is 0 Å². The highest BCUT2D eigenvalue weighted by Gasteiger charge is 2.15. The topological polar surface area (TPSA) is 86.6 Å². The fraction of sp³-hybridized carbons (Fsp3) is 0.467. The van der Waals surface area contributed by atoms with Crippen molar-refractivity contribution in [2.75, 3.05) is 26.3 Å². The molecule has 8 nitrogen and oxygen atoms in total. The lowest BCUT2D eigenvalue weighted by Crippen LogP contribution is -2.32. The standard InChI is InChI=1S/C30H40N4O4/c35-29(33-38-30-16-6-7-21-36-30)15-3-1-2-10-25(22-31-17-9-19-34-20-18-32-24-34)23-37-28-14-8-12-26-11-4-5-13-27(26)28/h4-5,8,10-14,18,20,24,30-31H,1-3,6-7,9,15-17,19,21-23H2,(H,33,35). The first-order valence-electron chi connectivity index (χ1n) is 13.8. The largest absolute Gasteiger partial charge is 0.489 e. The predicted octanol–water partition coefficient (Wildman–Crippen LogP) is 5.16. The Labute approximate surface area is 225 Å². The number of rotatable bonds is 16. The first kappa shape index (κ1) is 27.8. The highest BCUT2D eigenvalue weighted by Crippen LogP contribution is 2.25. The molecule has 4 rings (SSSR count). The van der Waals surface area contributed by atoms with Gasteiger partial charge in [-0.2, -0.15) is 0 Å². The zero-order valence-electron chi connectivity index (χ0n) is 22.1. The summed E-state index contributed by atoms with van der Waals surface area (Å²) in [6.07, 6.45) is 14.6. The van der Waals surface area contributed by atoms with Crippen LogP contribution in [0.25, 0.3) is 10.8 Å². The fourth-order valence-corrected chi connectivity index (χ4v) is 4.45. The number of carbonyl (C=O) groups excluding carboxylic acids is 1. The number of fused-ring (bicyclic) bond motifs is 1. The van der Waals surface area contributed by atoms with Gasteiger partial charge in [0.1, 0.15) is 12.4 Å². The van der Waals surface area contributed by atoms with Crippen molar-refractivity contribution in [2.45, 2.75) is 64.2 Å². The van der Waals surface area contributed by atoms with Crippen LogP contribution < -0.4 is 15.5 Å². The lowest BCUT2D eigenvalue weighted by molar-refractivity contribution is -0.200. The summed E-state index contributed by atoms with van der Waals surface area (Å²) in [6.45, 7) is 3.84. The summed E-state index contributed by atoms with van der Waals surface area (Å²) in [5.74, 6) is 0.801. The number of imidazole rings is 1. The third-order valence-corrected chi connectivity index (χ3v) is 6.58. The van der Waals surface area contributed by atoms with Crippen LogP contribution in [0, 0.1) is 0 Å². The van der Waals surface area contributed by atoms with E-state index < -0.39 is 0 Å². The van der Waals surface area contributed by atoms with E-state index >= 15 is 0 Å². The second-order valence-corrected chi connectivity index (χ2v) is 9.64. The van der Waals surface area contributed by atoms with Gasteiger partial charge < -0.3 is 19.4 Å². The number of ether oxygens (including phenoxy) is 2. The zero-order valence-corrected chi connectivity index (χ0v) is 22.1. The molecule has 1 fully saturated rings. The molecule has 3 aromatic rings. The van der Waals surface area contributed by atoms with Crippen LogP contribution >= 0.6 is 0 Å². The van der Waals surface area contributed by atoms with Gasteiger partial charge in [-0.15, -0.1) is 0 Å². The first-order chi connectivity index (χ1) is 18.8. The molecule has 38 heavy (non-hydrogen) atoms. The Hall–Kier alpha value is -3.20. The number of hydrogen-bond donors (Lipinski definition) is 2. The predicted molar refractivity (Wildman–Crippen MR) is 149 cm³/mol. The summed E-state index contributed by atoms with van der Waals surface area (Å²) >= 11 is 0. The van der Waals surface area contributed by atoms with Crippen LogP contribution in [0.5, 0.6) is 5.75 Å². The van der Waals surface area contributed by atoms with Crippen LogP contribution in [0.15, 0.2) is 72.8 Å². The number of allylic oxidation sites excluding steroid dienone is 1. The number of unbranched alkanes of at least 4 members (excludes halogenated alkanes) is 2. The number of hydroxylamine groups is 1. The number of carbonyl (C=O) groups is 1. The summed E-state index contributed by atoms with van der Waals surface area (Å²) in [7, 11) is 0. The van der Waals surface area contributed by atoms with Crippen LogP contribution in [0.3, 0.4) is 0 Å². The maximum Gasteiger partial charge on any atom is 0.243 e. The van der Waals surface area contributed by atoms with Crippen molar-refractivity contribution >= 4 is 16.7 Å². The third-order valence-electron chi connectivity index (χ3n) is 6.58. The number of benzene rings is 2. The van der Waals surface area contributed by atoms with Gasteiger partial charge >= 0.3 is 0 Å². The van der Waals surface area contributed by atoms with Crippen LogP contribution in [0.1, 0.15) is 51.4 Å². The summed E-state index contributed by atoms with van der Waals surface area (Å²) in [6, 6.07) is 14.4. The Balaban J connectivity index is 1.21. The van der Waals surface area contributed by atoms with E-state index in [1.807, 2.05) is 36.8 Å². The Morgan fingerprint density at radius 3 is 2.92 bits per heavy atom. The van der Waals surface area contributed by atoms with Gasteiger partial charge in [0.05, 0.1) is 6.33 Å². The maximum absolute atomic E-state index is 12.1. The molecule has 1 aromatic heterocycles. The van der Waals surface area contributed by atoms with Crippen molar-refractivity contribution in [3.63, 3.8) is 0 Å². The average Bonchev–Trinajstić information content (AvgIpc) is 3.48. The molecule has 1 atom stereocenters. The van der Waals surface area contributed by atoms with Crippen molar-refractivity contribution < 1.29 is 19.1 Å². The zero-order chi connectivity index (χ0) is 26.3. The molecule has 0 aliphatic carbocycles. The van der Waals surface area contributed by atoms with Crippen molar-refractivity contribution in [1.29, 1.82) is 0 Å². The lowest BCUT2D eigenvalue weighted by atomic mass is 10.1. The van der Waals surface area contributed by atoms with Gasteiger partial charge in [-0.25, -0.2) is 15.3 Å². The Kier molecular flexibility index (Phi) is 11.7. The molecular weight excluding hydrogens is 480 g/mol. The molecular formula is C30H40N4O4. The van der Waals surface area contributed by atoms with Gasteiger partial charge in [0.2, 0.25) is 5.91 Å². The van der Waals surface area contributed by atoms with Crippen LogP contribution in [-0.2, 0) is 20.9 Å². The van der Waals surface area contributed by atoms with Gasteiger partial charge in [0.25, 0.3) is 0 Å². The minimum absolute atomic E-state index is 0.0952. The highest BCUT2D eigenvalue weighted by atomic mass is 16.8. The number of nitrogens with zero attached hydrogens (tertiary/aromatic N) is 2. The van der Waals surface area contributed by atoms with Gasteiger partial charge in [0.15, 0.2) is 6.29 Å². The normalized spacial score (nSPS) is 16.0. The minimum Gasteiger partial charge on any atom is -0.489 e. The van der Waals surface area contributed by atoms with Gasteiger partial charge in [-0.05, 0) is 62.1 Å². The van der Waals surface area contributed by atoms with Gasteiger partial charge in [0, 0.05) is 50.3 Å². The quantitative estimate of drug-likeness (QED) is 0.154. The molecule has 1 saturated heterocycles. The third kappa shape index (κ3) is 9.59. The van der Waals surface area contributed by atoms with E-state index in [9.17, 15) is 4.79 Å². The molecule has 2 heterocycles. The Morgan fingerprint density at radius 1 is 1.13 bits per heavy atom. The second kappa shape index (κ2) is 15.9. The maximum atomic E-state index is 12.1. The van der Waals surface area contributed by atoms with E-state index in [4.69, 9.17) is 14.3 Å². The molecule has 0 bridgehead atoms. The number of aromatic nitrogens is 2. The molecule has 2 N–H and O–H groups in total. The van der Waals surface area contributed by atoms with E-state index in [1.54, 1.807) is 6.20 Å². The van der Waals surface area contributed by atoms with E-state index in [1.165, 1.54) is 11.0 Å². The highest BCUT2D eigenvalue weighted by molar-refractivity contribution is 5.88. The molecule has 1 unspecified atom stereocenters. The molecule has 8 heteroatoms. The minimum atomic E-state index is -0.313. The van der Waals surface area contributed by atoms with E-state index in [0.717, 1.165) is 75.7 Å². The van der Waals surface area contributed by atoms with Crippen molar-refractivity contribution in [1.82, 2.24) is 20.3 Å². The van der Waals surface area contributed by atoms with Gasteiger partial charge in [-0.3, -0.25) is 4.79 Å². The molecule has 1 aliphatic heterocycles. The van der Waals surface area contributed by atoms with E-state index in [-0.39, 0.29) is 12.2 Å². The fourth-order valence-electron chi connectivity index (χ4n) is 4.45. The summed E-state index contributed by atoms with van der Waals surface area (Å²) in [5, 5.41) is 5.85. The van der Waals surface area contributed by atoms with Crippen LogP contribution in [0.4, 0.5) is 0 Å². The SMILES string of the molecule is O=C(CCCCC=C(CNCCCn1ccnc1)COc1cccc2ccccc12)NOC1CCCCO1. The molecule has 204 valence electrons. The number of nitrogens with one attached hydrogen (secondary N) is 2. The van der Waals surface area contributed by atoms with Crippen LogP contribution in [-0.4, -0.2) is 48.1 Å². The average molecular weight is 521 g/mol. The monoisotopic (exact) mass is 520 g/mol. The lowest BCUT2D eigenvalue weighted by Gasteiger charge is -2.22. The second-order valence-electron chi connectivity index (χ2n) is 9.64. The van der Waals surface area contributed by atoms with E-state index in [2.05, 4.69) is 44.6 Å². The molecule has 1 amide bonds. The molecule has 1 aliphatic rings. The van der Waals surface area contributed by atoms with Crippen molar-refractivity contribution in [2.24, 2.45) is 0 Å². The summed E-state index contributed by atoms with van der Waals surface area (Å²) in [5.41, 5.74) is 3.75. The van der Waals surface area contributed by atoms with Crippen molar-refractivity contribution in [3.8, 4) is 5.75 Å². The first-order valence-corrected chi connectivity index (χ1v) is 13.8. The molecule has 0 radical (unpaired) electrons. The molecule has 2 aromatic carbocycles. The summed E-state index contributed by atoms with van der Waals surface area (Å²) < 4.78 is 13.8. The molecule has 0 saturated carbocycles. The number of hydrogen-bond acceptors (Lipinski definition) is 6. The van der Waals surface area contributed by atoms with Crippen molar-refractivity contribution in [3.05, 3.63) is 72.8 Å².